The third-order valence-electron chi connectivity index (χ3n) is 9.30. The molecule has 0 heterocycles. The molecule has 0 spiro atoms. The summed E-state index contributed by atoms with van der Waals surface area (Å²) >= 11 is 0. The maximum absolute atomic E-state index is 11.9. The lowest BCUT2D eigenvalue weighted by molar-refractivity contribution is -0.193. The second-order valence-electron chi connectivity index (χ2n) is 16.3. The van der Waals surface area contributed by atoms with E-state index in [9.17, 15) is 52.7 Å². The third kappa shape index (κ3) is 58.1. The number of carbonyl (C=O) groups is 11. The lowest BCUT2D eigenvalue weighted by Gasteiger charge is -2.17. The van der Waals surface area contributed by atoms with Crippen molar-refractivity contribution in [2.45, 2.75) is 151 Å². The number of ether oxygens (including phenoxy) is 4. The van der Waals surface area contributed by atoms with Gasteiger partial charge in [-0.2, -0.15) is 19.2 Å². The molecule has 6 amide bonds. The first-order chi connectivity index (χ1) is 36.7. The van der Waals surface area contributed by atoms with E-state index in [-0.39, 0.29) is 112 Å². The minimum atomic E-state index is -0.812. The Morgan fingerprint density at radius 1 is 0.449 bits per heavy atom. The van der Waals surface area contributed by atoms with Crippen molar-refractivity contribution >= 4 is 76.7 Å². The second-order valence-corrected chi connectivity index (χ2v) is 16.3. The molecule has 27 heteroatoms. The molecule has 0 saturated heterocycles. The van der Waals surface area contributed by atoms with Gasteiger partial charge >= 0.3 is 12.3 Å². The first-order valence-electron chi connectivity index (χ1n) is 24.9. The Hall–Kier alpha value is -7.19. The predicted molar refractivity (Wildman–Crippen MR) is 278 cm³/mol. The Balaban J connectivity index is -0.000000410. The predicted octanol–water partition coefficient (Wildman–Crippen LogP) is -2.27. The molecule has 0 radical (unpaired) electrons. The molecule has 0 rings (SSSR count). The molecular weight excluding hydrogens is 1030 g/mol. The maximum Gasteiger partial charge on any atom is 0.373 e. The van der Waals surface area contributed by atoms with Gasteiger partial charge in [0, 0.05) is 89.6 Å². The third-order valence-corrected chi connectivity index (χ3v) is 9.30. The number of rotatable bonds is 34. The fourth-order valence-electron chi connectivity index (χ4n) is 4.59. The first kappa shape index (κ1) is 79.7. The van der Waals surface area contributed by atoms with Gasteiger partial charge in [0.25, 0.3) is 11.8 Å². The van der Waals surface area contributed by atoms with E-state index >= 15 is 0 Å². The molecule has 0 aliphatic carbocycles. The van der Waals surface area contributed by atoms with Gasteiger partial charge in [-0.1, -0.05) is 0 Å². The zero-order chi connectivity index (χ0) is 60.9. The number of ketones is 5. The van der Waals surface area contributed by atoms with Crippen LogP contribution in [-0.2, 0) is 90.9 Å². The molecule has 27 nitrogen and oxygen atoms in total. The van der Waals surface area contributed by atoms with E-state index in [0.717, 1.165) is 0 Å². The van der Waals surface area contributed by atoms with Gasteiger partial charge in [-0.15, -0.1) is 0 Å². The number of amides is 6. The molecular formula is C51H82N8O19. The summed E-state index contributed by atoms with van der Waals surface area (Å²) in [5.41, 5.74) is 5.26. The minimum absolute atomic E-state index is 0.00145. The Morgan fingerprint density at radius 2 is 0.821 bits per heavy atom. The van der Waals surface area contributed by atoms with Crippen LogP contribution in [0.3, 0.4) is 0 Å². The Bertz CT molecular complexity index is 1990. The molecule has 0 aromatic rings. The van der Waals surface area contributed by atoms with Gasteiger partial charge in [0.15, 0.2) is 11.6 Å². The van der Waals surface area contributed by atoms with Crippen molar-refractivity contribution < 1.29 is 90.9 Å². The highest BCUT2D eigenvalue weighted by Gasteiger charge is 2.19. The zero-order valence-electron chi connectivity index (χ0n) is 46.8. The second kappa shape index (κ2) is 54.6. The lowest BCUT2D eigenvalue weighted by Crippen LogP contribution is -2.49. The van der Waals surface area contributed by atoms with E-state index in [1.165, 1.54) is 27.7 Å². The van der Waals surface area contributed by atoms with Crippen LogP contribution in [-0.4, -0.2) is 185 Å². The number of carbonyl (C=O) groups excluding carboxylic acids is 15. The van der Waals surface area contributed by atoms with Crippen LogP contribution in [0.2, 0.25) is 0 Å². The molecule has 0 aromatic heterocycles. The minimum Gasteiger partial charge on any atom is -0.382 e. The zero-order valence-corrected chi connectivity index (χ0v) is 46.8. The molecule has 0 fully saturated rings. The monoisotopic (exact) mass is 1110 g/mol. The highest BCUT2D eigenvalue weighted by atomic mass is 16.5. The number of Topliss-reactive ketones (excluding diaryl/α,β-unsaturated/α-hetero) is 5. The van der Waals surface area contributed by atoms with Crippen molar-refractivity contribution in [3.8, 4) is 23.7 Å². The Labute approximate surface area is 456 Å². The normalized spacial score (nSPS) is 11.8. The van der Waals surface area contributed by atoms with Crippen LogP contribution in [0.5, 0.6) is 0 Å². The van der Waals surface area contributed by atoms with Gasteiger partial charge in [0.2, 0.25) is 35.2 Å². The van der Waals surface area contributed by atoms with E-state index in [1.807, 2.05) is 20.8 Å². The summed E-state index contributed by atoms with van der Waals surface area (Å²) in [7, 11) is 0. The van der Waals surface area contributed by atoms with E-state index < -0.39 is 53.6 Å². The van der Waals surface area contributed by atoms with E-state index in [2.05, 4.69) is 60.9 Å². The van der Waals surface area contributed by atoms with Gasteiger partial charge in [-0.3, -0.25) is 52.7 Å². The molecule has 0 bridgehead atoms. The van der Waals surface area contributed by atoms with Crippen LogP contribution in [0.25, 0.3) is 0 Å². The molecule has 0 aliphatic heterocycles. The van der Waals surface area contributed by atoms with Crippen LogP contribution in [0.4, 0.5) is 0 Å². The maximum atomic E-state index is 11.9. The molecule has 78 heavy (non-hydrogen) atoms. The highest BCUT2D eigenvalue weighted by Crippen LogP contribution is 1.96. The van der Waals surface area contributed by atoms with E-state index in [4.69, 9.17) is 43.9 Å². The summed E-state index contributed by atoms with van der Waals surface area (Å²) in [4.78, 5) is 158. The largest absolute Gasteiger partial charge is 0.382 e. The van der Waals surface area contributed by atoms with Crippen molar-refractivity contribution in [2.75, 3.05) is 72.5 Å². The number of nitrogens with one attached hydrogen (secondary N) is 7. The van der Waals surface area contributed by atoms with E-state index in [0.29, 0.717) is 58.8 Å². The molecule has 440 valence electrons. The standard InChI is InChI=1S/C29H47N5O9.C13H21NO4.C7H14N2O2.2CO2/c1-19(18-31-20(2)23(5)35)32-27(39)11-15-42-14-7-8-25(37)9-10-26(38)30-13-17-43-16-12-28(40)33-22(4)29(41)34-21(3)24(6)36;1-3-17-10-5-6-12(15)7-8-13(16)14-9-11-18-4-2;1-4(8)7(11)9-5(2)6(3)10;2*2-1-3/h19-22,31H,7-8,11-18H2,1-6H3,(H,30,38)(H,32,39)(H,33,40)(H,34,41);3-6,9-11H2,1-2H3,(H,14,16);4-5H,8H2,1-3H3,(H,9,11);;. The van der Waals surface area contributed by atoms with Gasteiger partial charge < -0.3 is 61.9 Å². The number of nitrogens with two attached hydrogens (primary N) is 1. The Kier molecular flexibility index (Phi) is 55.8. The van der Waals surface area contributed by atoms with Crippen LogP contribution in [0.1, 0.15) is 115 Å². The fourth-order valence-corrected chi connectivity index (χ4v) is 4.59. The molecule has 6 atom stereocenters. The van der Waals surface area contributed by atoms with Crippen LogP contribution in [0.15, 0.2) is 0 Å². The smallest absolute Gasteiger partial charge is 0.373 e. The summed E-state index contributed by atoms with van der Waals surface area (Å²) in [5.74, 6) is 5.68. The molecule has 0 saturated carbocycles. The summed E-state index contributed by atoms with van der Waals surface area (Å²) in [5, 5.41) is 18.3. The van der Waals surface area contributed by atoms with E-state index in [1.54, 1.807) is 27.7 Å². The summed E-state index contributed by atoms with van der Waals surface area (Å²) < 4.78 is 20.8. The molecule has 9 N–H and O–H groups in total. The first-order valence-corrected chi connectivity index (χ1v) is 24.9. The average Bonchev–Trinajstić information content (AvgIpc) is 3.37. The SMILES string of the molecule is CC(=O)C(C)NC(=O)C(C)N.CC(=O)C(C)NCC(C)NC(=O)CCOCCCC(=O)C#CC(=O)NCCOCCC(=O)NC(C)C(=O)NC(C)C(C)=O.CCOCCCC(=O)C#CC(=O)NCCOCC.O=C=O.O=C=O. The molecule has 6 unspecified atom stereocenters. The average molecular weight is 1110 g/mol. The molecule has 0 aromatic carbocycles. The Morgan fingerprint density at radius 3 is 1.23 bits per heavy atom. The summed E-state index contributed by atoms with van der Waals surface area (Å²) in [6.45, 7) is 21.8. The van der Waals surface area contributed by atoms with Crippen LogP contribution in [0, 0.1) is 23.7 Å². The highest BCUT2D eigenvalue weighted by molar-refractivity contribution is 6.04. The van der Waals surface area contributed by atoms with Gasteiger partial charge in [-0.05, 0) is 101 Å². The van der Waals surface area contributed by atoms with Gasteiger partial charge in [0.05, 0.1) is 50.6 Å². The summed E-state index contributed by atoms with van der Waals surface area (Å²) in [6.07, 6.45) is 2.11. The number of hydrogen-bond donors (Lipinski definition) is 8. The fraction of sp³-hybridized carbons (Fsp3) is 0.667. The quantitative estimate of drug-likeness (QED) is 0.0191. The van der Waals surface area contributed by atoms with Crippen molar-refractivity contribution in [2.24, 2.45) is 5.73 Å². The summed E-state index contributed by atoms with van der Waals surface area (Å²) in [6, 6.07) is -2.86. The van der Waals surface area contributed by atoms with Crippen LogP contribution >= 0.6 is 0 Å². The lowest BCUT2D eigenvalue weighted by atomic mass is 10.2. The van der Waals surface area contributed by atoms with Crippen molar-refractivity contribution in [3.05, 3.63) is 0 Å². The topological polar surface area (TPSA) is 403 Å². The molecule has 0 aliphatic rings. The van der Waals surface area contributed by atoms with Gasteiger partial charge in [-0.25, -0.2) is 0 Å². The van der Waals surface area contributed by atoms with Crippen molar-refractivity contribution in [3.63, 3.8) is 0 Å². The van der Waals surface area contributed by atoms with Crippen molar-refractivity contribution in [1.29, 1.82) is 0 Å². The van der Waals surface area contributed by atoms with Crippen molar-refractivity contribution in [1.82, 2.24) is 37.2 Å². The number of hydrogen-bond acceptors (Lipinski definition) is 21. The van der Waals surface area contributed by atoms with Crippen LogP contribution < -0.4 is 43.0 Å². The van der Waals surface area contributed by atoms with Gasteiger partial charge in [0.1, 0.15) is 11.8 Å².